The molecule has 0 fully saturated rings. The molecule has 0 aliphatic heterocycles. The third-order valence-corrected chi connectivity index (χ3v) is 15.9. The van der Waals surface area contributed by atoms with E-state index in [1.165, 1.54) is 111 Å². The second-order valence-corrected chi connectivity index (χ2v) is 19.9. The van der Waals surface area contributed by atoms with Gasteiger partial charge in [-0.2, -0.15) is 0 Å². The van der Waals surface area contributed by atoms with E-state index < -0.39 is 5.41 Å². The summed E-state index contributed by atoms with van der Waals surface area (Å²) in [7, 11) is 0. The SMILES string of the molecule is CC1(C)c2ccccc2-c2cc(-c3ccc(N(c4ccc5c(c4)C4(c6ccccc6-c6ccccc64)c4ccccc4-5)c4cccc(-c5ccccc5)c4-c4ccccc4-c4ccccc4)cc3)ccc21. The number of benzene rings is 11. The van der Waals surface area contributed by atoms with Crippen LogP contribution >= 0.6 is 0 Å². The lowest BCUT2D eigenvalue weighted by atomic mass is 9.70. The van der Waals surface area contributed by atoms with Crippen molar-refractivity contribution in [3.05, 3.63) is 294 Å². The molecule has 0 amide bonds. The van der Waals surface area contributed by atoms with Gasteiger partial charge in [-0.25, -0.2) is 0 Å². The average Bonchev–Trinajstić information content (AvgIpc) is 4.01. The van der Waals surface area contributed by atoms with E-state index in [1.54, 1.807) is 0 Å². The lowest BCUT2D eigenvalue weighted by Gasteiger charge is -2.33. The van der Waals surface area contributed by atoms with Crippen LogP contribution in [0.2, 0.25) is 0 Å². The van der Waals surface area contributed by atoms with Gasteiger partial charge in [-0.3, -0.25) is 0 Å². The fourth-order valence-electron chi connectivity index (χ4n) is 12.8. The number of nitrogens with zero attached hydrogens (tertiary/aromatic N) is 1. The molecule has 1 heteroatoms. The van der Waals surface area contributed by atoms with Crippen molar-refractivity contribution >= 4 is 17.1 Å². The van der Waals surface area contributed by atoms with Gasteiger partial charge in [-0.05, 0) is 142 Å². The standard InChI is InChI=1S/C70H49N/c1-69(2)61-31-15-11-28-57(61)60-44-49(38-43-62(60)69)46-36-39-50(40-37-46)71(67-35-19-30-53(48-22-7-4-8-23-48)68(67)59-29-10-9-24-52(59)47-20-5-3-6-21-47)51-41-42-58-56-27-14-18-34-65(56)70(66(58)45-51)63-32-16-12-25-54(63)55-26-13-17-33-64(55)70/h3-45H,1-2H3. The third kappa shape index (κ3) is 6.06. The van der Waals surface area contributed by atoms with Crippen LogP contribution in [0.3, 0.4) is 0 Å². The van der Waals surface area contributed by atoms with E-state index in [1.807, 2.05) is 0 Å². The molecule has 0 atom stereocenters. The van der Waals surface area contributed by atoms with Gasteiger partial charge in [-0.1, -0.05) is 238 Å². The molecule has 334 valence electrons. The minimum absolute atomic E-state index is 0.0433. The van der Waals surface area contributed by atoms with Gasteiger partial charge in [0.15, 0.2) is 0 Å². The lowest BCUT2D eigenvalue weighted by Crippen LogP contribution is -2.26. The van der Waals surface area contributed by atoms with Crippen molar-refractivity contribution in [3.63, 3.8) is 0 Å². The number of hydrogen-bond acceptors (Lipinski definition) is 1. The molecule has 0 unspecified atom stereocenters. The Morgan fingerprint density at radius 1 is 0.254 bits per heavy atom. The zero-order chi connectivity index (χ0) is 47.3. The van der Waals surface area contributed by atoms with Gasteiger partial charge >= 0.3 is 0 Å². The first-order chi connectivity index (χ1) is 35.0. The fraction of sp³-hybridized carbons (Fsp3) is 0.0571. The van der Waals surface area contributed by atoms with Crippen molar-refractivity contribution in [1.29, 1.82) is 0 Å². The Morgan fingerprint density at radius 2 is 0.690 bits per heavy atom. The Hall–Kier alpha value is -8.78. The summed E-state index contributed by atoms with van der Waals surface area (Å²) in [6, 6.07) is 97.4. The Morgan fingerprint density at radius 3 is 1.30 bits per heavy atom. The lowest BCUT2D eigenvalue weighted by molar-refractivity contribution is 0.660. The molecule has 14 rings (SSSR count). The molecular formula is C70H49N. The summed E-state index contributed by atoms with van der Waals surface area (Å²) in [6.07, 6.45) is 0. The highest BCUT2D eigenvalue weighted by Crippen LogP contribution is 2.63. The topological polar surface area (TPSA) is 3.24 Å². The highest BCUT2D eigenvalue weighted by atomic mass is 15.1. The molecule has 3 aliphatic carbocycles. The molecule has 0 N–H and O–H groups in total. The Balaban J connectivity index is 1.02. The van der Waals surface area contributed by atoms with Gasteiger partial charge < -0.3 is 4.90 Å². The molecule has 3 aliphatic rings. The maximum atomic E-state index is 2.53. The van der Waals surface area contributed by atoms with E-state index in [9.17, 15) is 0 Å². The number of hydrogen-bond donors (Lipinski definition) is 0. The zero-order valence-corrected chi connectivity index (χ0v) is 39.8. The molecule has 1 spiro atoms. The van der Waals surface area contributed by atoms with Crippen molar-refractivity contribution in [3.8, 4) is 77.9 Å². The molecule has 0 radical (unpaired) electrons. The third-order valence-electron chi connectivity index (χ3n) is 15.9. The van der Waals surface area contributed by atoms with Crippen LogP contribution in [0.1, 0.15) is 47.2 Å². The summed E-state index contributed by atoms with van der Waals surface area (Å²) in [6.45, 7) is 4.70. The zero-order valence-electron chi connectivity index (χ0n) is 39.8. The normalized spacial score (nSPS) is 13.7. The average molecular weight is 904 g/mol. The smallest absolute Gasteiger partial charge is 0.0726 e. The second kappa shape index (κ2) is 15.9. The largest absolute Gasteiger partial charge is 0.310 e. The minimum Gasteiger partial charge on any atom is -0.310 e. The highest BCUT2D eigenvalue weighted by molar-refractivity contribution is 6.02. The molecule has 0 bridgehead atoms. The van der Waals surface area contributed by atoms with Gasteiger partial charge in [0.1, 0.15) is 0 Å². The van der Waals surface area contributed by atoms with Crippen LogP contribution in [0.15, 0.2) is 261 Å². The molecule has 0 aromatic heterocycles. The molecule has 0 heterocycles. The fourth-order valence-corrected chi connectivity index (χ4v) is 12.8. The first-order valence-electron chi connectivity index (χ1n) is 24.9. The molecule has 11 aromatic rings. The van der Waals surface area contributed by atoms with E-state index in [0.29, 0.717) is 0 Å². The first-order valence-corrected chi connectivity index (χ1v) is 24.9. The maximum absolute atomic E-state index is 2.53. The summed E-state index contributed by atoms with van der Waals surface area (Å²) in [5.41, 5.74) is 28.2. The van der Waals surface area contributed by atoms with Gasteiger partial charge in [-0.15, -0.1) is 0 Å². The van der Waals surface area contributed by atoms with Gasteiger partial charge in [0.2, 0.25) is 0 Å². The summed E-state index contributed by atoms with van der Waals surface area (Å²) < 4.78 is 0. The molecule has 0 saturated heterocycles. The second-order valence-electron chi connectivity index (χ2n) is 19.9. The Bertz CT molecular complexity index is 3830. The molecule has 71 heavy (non-hydrogen) atoms. The van der Waals surface area contributed by atoms with Crippen molar-refractivity contribution in [2.24, 2.45) is 0 Å². The number of fused-ring (bicyclic) bond motifs is 13. The first kappa shape index (κ1) is 41.2. The van der Waals surface area contributed by atoms with Crippen molar-refractivity contribution in [2.45, 2.75) is 24.7 Å². The van der Waals surface area contributed by atoms with Crippen LogP contribution in [-0.4, -0.2) is 0 Å². The van der Waals surface area contributed by atoms with Crippen LogP contribution in [-0.2, 0) is 10.8 Å². The van der Waals surface area contributed by atoms with Crippen molar-refractivity contribution in [2.75, 3.05) is 4.90 Å². The Kier molecular flexibility index (Phi) is 9.22. The maximum Gasteiger partial charge on any atom is 0.0726 e. The van der Waals surface area contributed by atoms with Crippen LogP contribution in [0.4, 0.5) is 17.1 Å². The minimum atomic E-state index is -0.486. The summed E-state index contributed by atoms with van der Waals surface area (Å²) in [5.74, 6) is 0. The molecular weight excluding hydrogens is 855 g/mol. The van der Waals surface area contributed by atoms with Crippen molar-refractivity contribution in [1.82, 2.24) is 0 Å². The van der Waals surface area contributed by atoms with Crippen LogP contribution in [0, 0.1) is 0 Å². The van der Waals surface area contributed by atoms with Crippen molar-refractivity contribution < 1.29 is 0 Å². The van der Waals surface area contributed by atoms with E-state index >= 15 is 0 Å². The van der Waals surface area contributed by atoms with Crippen LogP contribution in [0.5, 0.6) is 0 Å². The van der Waals surface area contributed by atoms with E-state index in [2.05, 4.69) is 280 Å². The molecule has 1 nitrogen and oxygen atoms in total. The quantitative estimate of drug-likeness (QED) is 0.154. The summed E-state index contributed by atoms with van der Waals surface area (Å²) in [4.78, 5) is 2.53. The number of rotatable bonds is 7. The number of anilines is 3. The van der Waals surface area contributed by atoms with E-state index in [-0.39, 0.29) is 5.41 Å². The monoisotopic (exact) mass is 903 g/mol. The summed E-state index contributed by atoms with van der Waals surface area (Å²) >= 11 is 0. The molecule has 11 aromatic carbocycles. The van der Waals surface area contributed by atoms with Gasteiger partial charge in [0.25, 0.3) is 0 Å². The predicted octanol–water partition coefficient (Wildman–Crippen LogP) is 18.5. The van der Waals surface area contributed by atoms with Gasteiger partial charge in [0.05, 0.1) is 11.1 Å². The molecule has 0 saturated carbocycles. The van der Waals surface area contributed by atoms with Crippen LogP contribution < -0.4 is 4.90 Å². The summed E-state index contributed by atoms with van der Waals surface area (Å²) in [5, 5.41) is 0. The van der Waals surface area contributed by atoms with E-state index in [0.717, 1.165) is 17.1 Å². The van der Waals surface area contributed by atoms with E-state index in [4.69, 9.17) is 0 Å². The predicted molar refractivity (Wildman–Crippen MR) is 297 cm³/mol. The van der Waals surface area contributed by atoms with Gasteiger partial charge in [0, 0.05) is 22.4 Å². The van der Waals surface area contributed by atoms with Crippen LogP contribution in [0.25, 0.3) is 77.9 Å². The Labute approximate surface area is 416 Å². The highest BCUT2D eigenvalue weighted by Gasteiger charge is 2.51.